The number of hydrogen-bond donors (Lipinski definition) is 1. The third-order valence-corrected chi connectivity index (χ3v) is 5.03. The summed E-state index contributed by atoms with van der Waals surface area (Å²) in [4.78, 5) is 17.4. The second-order valence-electron chi connectivity index (χ2n) is 7.08. The first-order valence-electron chi connectivity index (χ1n) is 8.46. The van der Waals surface area contributed by atoms with Crippen LogP contribution in [0.3, 0.4) is 0 Å². The van der Waals surface area contributed by atoms with Crippen molar-refractivity contribution in [2.24, 2.45) is 10.9 Å². The first kappa shape index (κ1) is 16.4. The summed E-state index contributed by atoms with van der Waals surface area (Å²) in [6.45, 7) is 4.02. The Morgan fingerprint density at radius 3 is 2.68 bits per heavy atom. The predicted octanol–water partition coefficient (Wildman–Crippen LogP) is 1.82. The number of allylic oxidation sites excluding steroid dienone is 1. The van der Waals surface area contributed by atoms with Crippen molar-refractivity contribution in [2.75, 3.05) is 6.61 Å². The van der Waals surface area contributed by atoms with Crippen molar-refractivity contribution in [1.29, 1.82) is 0 Å². The summed E-state index contributed by atoms with van der Waals surface area (Å²) in [6.07, 6.45) is 2.62. The largest absolute Gasteiger partial charge is 0.405 e. The summed E-state index contributed by atoms with van der Waals surface area (Å²) in [5.41, 5.74) is -0.689. The summed E-state index contributed by atoms with van der Waals surface area (Å²) in [5, 5.41) is 10.7. The number of rotatable bonds is 2. The van der Waals surface area contributed by atoms with E-state index in [9.17, 15) is 9.90 Å². The number of hydrogen-bond acceptors (Lipinski definition) is 6. The molecule has 0 aromatic heterocycles. The average molecular weight is 343 g/mol. The molecule has 2 aliphatic heterocycles. The highest BCUT2D eigenvalue weighted by molar-refractivity contribution is 6.08. The highest BCUT2D eigenvalue weighted by Gasteiger charge is 2.61. The van der Waals surface area contributed by atoms with Crippen molar-refractivity contribution in [3.8, 4) is 0 Å². The molecule has 1 aliphatic carbocycles. The second kappa shape index (κ2) is 5.76. The number of benzene rings is 1. The molecule has 3 aliphatic rings. The SMILES string of the molecule is CC1(C)OC[C@H]([C@@H]2CC=CC(O)[C@]23N=C(c2ccccc2)OC3=O)O1. The Labute approximate surface area is 146 Å². The van der Waals surface area contributed by atoms with Gasteiger partial charge in [0.25, 0.3) is 0 Å². The van der Waals surface area contributed by atoms with E-state index in [1.807, 2.05) is 50.3 Å². The van der Waals surface area contributed by atoms with E-state index in [0.29, 0.717) is 18.6 Å². The van der Waals surface area contributed by atoms with E-state index in [4.69, 9.17) is 14.2 Å². The minimum Gasteiger partial charge on any atom is -0.405 e. The Bertz CT molecular complexity index is 741. The fourth-order valence-corrected chi connectivity index (χ4v) is 3.78. The molecule has 4 rings (SSSR count). The zero-order valence-electron chi connectivity index (χ0n) is 14.2. The van der Waals surface area contributed by atoms with Crippen LogP contribution >= 0.6 is 0 Å². The molecule has 0 radical (unpaired) electrons. The number of carbonyl (C=O) groups excluding carboxylic acids is 1. The lowest BCUT2D eigenvalue weighted by Crippen LogP contribution is -2.57. The number of aliphatic hydroxyl groups excluding tert-OH is 1. The maximum absolute atomic E-state index is 12.8. The molecule has 1 saturated heterocycles. The first-order valence-corrected chi connectivity index (χ1v) is 8.46. The second-order valence-corrected chi connectivity index (χ2v) is 7.08. The molecule has 0 saturated carbocycles. The van der Waals surface area contributed by atoms with Gasteiger partial charge < -0.3 is 19.3 Å². The van der Waals surface area contributed by atoms with Crippen molar-refractivity contribution in [1.82, 2.24) is 0 Å². The van der Waals surface area contributed by atoms with E-state index in [2.05, 4.69) is 4.99 Å². The van der Waals surface area contributed by atoms with E-state index in [0.717, 1.165) is 0 Å². The monoisotopic (exact) mass is 343 g/mol. The maximum Gasteiger partial charge on any atom is 0.344 e. The van der Waals surface area contributed by atoms with E-state index >= 15 is 0 Å². The van der Waals surface area contributed by atoms with Crippen molar-refractivity contribution in [3.05, 3.63) is 48.0 Å². The molecular formula is C19H21NO5. The summed E-state index contributed by atoms with van der Waals surface area (Å²) in [7, 11) is 0. The Kier molecular flexibility index (Phi) is 3.79. The predicted molar refractivity (Wildman–Crippen MR) is 90.0 cm³/mol. The third-order valence-electron chi connectivity index (χ3n) is 5.03. The molecular weight excluding hydrogens is 322 g/mol. The molecule has 0 amide bonds. The molecule has 6 nitrogen and oxygen atoms in total. The fourth-order valence-electron chi connectivity index (χ4n) is 3.78. The van der Waals surface area contributed by atoms with Gasteiger partial charge in [-0.3, -0.25) is 0 Å². The van der Waals surface area contributed by atoms with Crippen molar-refractivity contribution >= 4 is 11.9 Å². The van der Waals surface area contributed by atoms with E-state index in [-0.39, 0.29) is 17.9 Å². The van der Waals surface area contributed by atoms with Crippen LogP contribution in [0.15, 0.2) is 47.5 Å². The lowest BCUT2D eigenvalue weighted by Gasteiger charge is -2.39. The minimum absolute atomic E-state index is 0.239. The Hall–Kier alpha value is -2.02. The number of ether oxygens (including phenoxy) is 3. The molecule has 1 spiro atoms. The van der Waals surface area contributed by atoms with Crippen molar-refractivity contribution in [3.63, 3.8) is 0 Å². The molecule has 25 heavy (non-hydrogen) atoms. The standard InChI is InChI=1S/C19H21NO5/c1-18(2)23-11-14(25-18)13-9-6-10-15(21)19(13)17(22)24-16(20-19)12-7-4-3-5-8-12/h3-8,10,13-15,21H,9,11H2,1-2H3/t13-,14+,15?,19+/m0/s1. The van der Waals surface area contributed by atoms with Gasteiger partial charge >= 0.3 is 5.97 Å². The van der Waals surface area contributed by atoms with Gasteiger partial charge in [-0.25, -0.2) is 9.79 Å². The van der Waals surface area contributed by atoms with E-state index in [1.54, 1.807) is 6.08 Å². The summed E-state index contributed by atoms with van der Waals surface area (Å²) < 4.78 is 17.1. The number of aliphatic hydroxyl groups is 1. The Morgan fingerprint density at radius 2 is 2.00 bits per heavy atom. The number of carbonyl (C=O) groups is 1. The summed E-state index contributed by atoms with van der Waals surface area (Å²) in [5.74, 6) is -1.38. The van der Waals surface area contributed by atoms with Crippen LogP contribution in [0.2, 0.25) is 0 Å². The van der Waals surface area contributed by atoms with Gasteiger partial charge in [0.2, 0.25) is 5.90 Å². The molecule has 2 heterocycles. The van der Waals surface area contributed by atoms with E-state index in [1.165, 1.54) is 0 Å². The van der Waals surface area contributed by atoms with Crippen LogP contribution in [0.25, 0.3) is 0 Å². The highest BCUT2D eigenvalue weighted by Crippen LogP contribution is 2.44. The minimum atomic E-state index is -1.39. The lowest BCUT2D eigenvalue weighted by molar-refractivity contribution is -0.160. The van der Waals surface area contributed by atoms with Crippen LogP contribution < -0.4 is 0 Å². The smallest absolute Gasteiger partial charge is 0.344 e. The van der Waals surface area contributed by atoms with Gasteiger partial charge in [-0.05, 0) is 32.4 Å². The number of cyclic esters (lactones) is 1. The molecule has 1 fully saturated rings. The van der Waals surface area contributed by atoms with Crippen LogP contribution in [0.5, 0.6) is 0 Å². The van der Waals surface area contributed by atoms with Crippen LogP contribution in [0.1, 0.15) is 25.8 Å². The van der Waals surface area contributed by atoms with Crippen LogP contribution in [0, 0.1) is 5.92 Å². The van der Waals surface area contributed by atoms with Crippen LogP contribution in [0.4, 0.5) is 0 Å². The summed E-state index contributed by atoms with van der Waals surface area (Å²) >= 11 is 0. The molecule has 1 unspecified atom stereocenters. The first-order chi connectivity index (χ1) is 11.9. The quantitative estimate of drug-likeness (QED) is 0.655. The van der Waals surface area contributed by atoms with Crippen LogP contribution in [-0.4, -0.2) is 47.1 Å². The molecule has 1 aromatic carbocycles. The number of nitrogens with zero attached hydrogens (tertiary/aromatic N) is 1. The summed E-state index contributed by atoms with van der Waals surface area (Å²) in [6, 6.07) is 9.22. The van der Waals surface area contributed by atoms with Gasteiger partial charge in [-0.1, -0.05) is 30.4 Å². The van der Waals surface area contributed by atoms with E-state index < -0.39 is 23.4 Å². The fraction of sp³-hybridized carbons (Fsp3) is 0.474. The Balaban J connectivity index is 1.75. The molecule has 1 N–H and O–H groups in total. The van der Waals surface area contributed by atoms with Gasteiger partial charge in [0.05, 0.1) is 12.7 Å². The highest BCUT2D eigenvalue weighted by atomic mass is 16.7. The zero-order valence-corrected chi connectivity index (χ0v) is 14.2. The van der Waals surface area contributed by atoms with Gasteiger partial charge in [0.1, 0.15) is 6.10 Å². The number of aliphatic imine (C=N–C) groups is 1. The molecule has 132 valence electrons. The van der Waals surface area contributed by atoms with Crippen LogP contribution in [-0.2, 0) is 19.0 Å². The molecule has 4 atom stereocenters. The molecule has 0 bridgehead atoms. The van der Waals surface area contributed by atoms with Gasteiger partial charge in [-0.2, -0.15) is 0 Å². The number of esters is 1. The topological polar surface area (TPSA) is 77.4 Å². The van der Waals surface area contributed by atoms with Gasteiger partial charge in [-0.15, -0.1) is 0 Å². The molecule has 1 aromatic rings. The average Bonchev–Trinajstić information content (AvgIpc) is 3.12. The normalized spacial score (nSPS) is 36.5. The Morgan fingerprint density at radius 1 is 1.24 bits per heavy atom. The van der Waals surface area contributed by atoms with Crippen molar-refractivity contribution < 1.29 is 24.1 Å². The lowest BCUT2D eigenvalue weighted by atomic mass is 9.72. The van der Waals surface area contributed by atoms with Crippen molar-refractivity contribution in [2.45, 2.75) is 43.8 Å². The maximum atomic E-state index is 12.8. The van der Waals surface area contributed by atoms with Gasteiger partial charge in [0, 0.05) is 11.5 Å². The zero-order chi connectivity index (χ0) is 17.7. The van der Waals surface area contributed by atoms with Gasteiger partial charge in [0.15, 0.2) is 11.3 Å². The third kappa shape index (κ3) is 2.61. The molecule has 6 heteroatoms.